The minimum atomic E-state index is -1.06. The first-order valence-electron chi connectivity index (χ1n) is 35.2. The fourth-order valence-electron chi connectivity index (χ4n) is 14.3. The molecule has 1 saturated carbocycles. The Labute approximate surface area is 564 Å². The molecule has 94 heavy (non-hydrogen) atoms. The molecular weight excluding hydrogens is 1190 g/mol. The highest BCUT2D eigenvalue weighted by atomic mass is 16.7. The van der Waals surface area contributed by atoms with Gasteiger partial charge in [-0.2, -0.15) is 0 Å². The number of rotatable bonds is 47. The summed E-state index contributed by atoms with van der Waals surface area (Å²) in [5.74, 6) is 6.47. The number of unbranched alkanes of at least 4 members (excludes halogenated alkanes) is 6. The van der Waals surface area contributed by atoms with Gasteiger partial charge in [0.2, 0.25) is 11.8 Å². The van der Waals surface area contributed by atoms with E-state index in [0.29, 0.717) is 81.1 Å². The van der Waals surface area contributed by atoms with E-state index in [2.05, 4.69) is 117 Å². The predicted octanol–water partition coefficient (Wildman–Crippen LogP) is 15.4. The van der Waals surface area contributed by atoms with E-state index in [0.717, 1.165) is 120 Å². The maximum Gasteiger partial charge on any atom is 0.303 e. The normalized spacial score (nSPS) is 16.5. The number of hydrogen-bond acceptors (Lipinski definition) is 14. The van der Waals surface area contributed by atoms with Crippen LogP contribution in [0.4, 0.5) is 0 Å². The number of hydrogen-bond donors (Lipinski definition) is 2. The number of benzene rings is 3. The van der Waals surface area contributed by atoms with E-state index in [1.807, 2.05) is 13.8 Å². The molecule has 524 valence electrons. The second-order valence-corrected chi connectivity index (χ2v) is 27.4. The lowest BCUT2D eigenvalue weighted by molar-refractivity contribution is -0.247. The maximum atomic E-state index is 14.1. The van der Waals surface area contributed by atoms with Crippen LogP contribution in [0.2, 0.25) is 0 Å². The van der Waals surface area contributed by atoms with Crippen LogP contribution in [-0.2, 0) is 57.9 Å². The van der Waals surface area contributed by atoms with Crippen molar-refractivity contribution in [3.8, 4) is 29.6 Å². The Hall–Kier alpha value is -6.44. The van der Waals surface area contributed by atoms with Crippen LogP contribution >= 0.6 is 0 Å². The zero-order chi connectivity index (χ0) is 69.1. The second kappa shape index (κ2) is 42.9. The zero-order valence-electron chi connectivity index (χ0n) is 59.6. The molecule has 1 unspecified atom stereocenters. The maximum absolute atomic E-state index is 14.1. The van der Waals surface area contributed by atoms with Gasteiger partial charge >= 0.3 is 17.9 Å². The lowest BCUT2D eigenvalue weighted by Crippen LogP contribution is -2.44. The van der Waals surface area contributed by atoms with Gasteiger partial charge in [-0.3, -0.25) is 28.8 Å². The highest BCUT2D eigenvalue weighted by Gasteiger charge is 2.44. The van der Waals surface area contributed by atoms with Crippen molar-refractivity contribution in [2.45, 2.75) is 247 Å². The molecule has 0 radical (unpaired) electrons. The summed E-state index contributed by atoms with van der Waals surface area (Å²) in [5, 5.41) is 6.04. The van der Waals surface area contributed by atoms with Gasteiger partial charge in [0, 0.05) is 77.5 Å². The number of methoxy groups -OCH3 is 3. The predicted molar refractivity (Wildman–Crippen MR) is 370 cm³/mol. The molecule has 16 nitrogen and oxygen atoms in total. The topological polar surface area (TPSA) is 200 Å². The van der Waals surface area contributed by atoms with E-state index < -0.39 is 47.9 Å². The van der Waals surface area contributed by atoms with Crippen LogP contribution in [0.15, 0.2) is 72.8 Å². The summed E-state index contributed by atoms with van der Waals surface area (Å²) in [4.78, 5) is 75.2. The van der Waals surface area contributed by atoms with Gasteiger partial charge in [-0.1, -0.05) is 90.8 Å². The fourth-order valence-corrected chi connectivity index (χ4v) is 14.3. The summed E-state index contributed by atoms with van der Waals surface area (Å²) in [6, 6.07) is 25.8. The van der Waals surface area contributed by atoms with Crippen molar-refractivity contribution in [3.63, 3.8) is 0 Å². The first kappa shape index (κ1) is 80.0. The number of carbonyl (C=O) groups is 6. The van der Waals surface area contributed by atoms with E-state index in [-0.39, 0.29) is 48.7 Å². The summed E-state index contributed by atoms with van der Waals surface area (Å²) >= 11 is 0. The van der Waals surface area contributed by atoms with Gasteiger partial charge in [-0.05, 0) is 204 Å². The van der Waals surface area contributed by atoms with Gasteiger partial charge in [0.1, 0.15) is 41.8 Å². The molecule has 0 bridgehead atoms. The van der Waals surface area contributed by atoms with Crippen LogP contribution in [0.5, 0.6) is 17.2 Å². The zero-order valence-corrected chi connectivity index (χ0v) is 59.6. The molecule has 3 aromatic carbocycles. The number of Topliss-reactive ketones (excluding diaryl/α,β-unsaturated/α-hetero) is 1. The van der Waals surface area contributed by atoms with Crippen molar-refractivity contribution in [3.05, 3.63) is 89.5 Å². The van der Waals surface area contributed by atoms with Gasteiger partial charge in [0.05, 0.1) is 21.3 Å². The quantitative estimate of drug-likeness (QED) is 0.0135. The molecule has 0 aromatic heterocycles. The molecule has 5 atom stereocenters. The number of ketones is 1. The molecule has 0 spiro atoms. The Balaban J connectivity index is 1.28. The average molecular weight is 1310 g/mol. The number of terminal acetylenes is 1. The molecule has 1 aliphatic carbocycles. The van der Waals surface area contributed by atoms with E-state index in [1.165, 1.54) is 37.5 Å². The SMILES string of the molecule is C#CCCCC(CCC1(CCC(c2ccc(OC)cc2)(c2ccc(OC)cc2)c2ccc(OC)cc2)CCC(C(=O)CCCCCNC(=O)CCCCCNC(=O)CCCCO[C@H](O[C@H](COC(C)=O)[C@@H](C)OC(C)=O)[C@H](CC(C)C)OC(C)=O)CC1)C(C(C)C)C(C)C. The molecule has 2 N–H and O–H groups in total. The fraction of sp³-hybridized carbons (Fsp3) is 0.667. The highest BCUT2D eigenvalue weighted by molar-refractivity contribution is 5.81. The smallest absolute Gasteiger partial charge is 0.303 e. The molecule has 1 fully saturated rings. The van der Waals surface area contributed by atoms with Crippen molar-refractivity contribution < 1.29 is 66.7 Å². The molecule has 16 heteroatoms. The summed E-state index contributed by atoms with van der Waals surface area (Å²) < 4.78 is 45.6. The van der Waals surface area contributed by atoms with Gasteiger partial charge in [-0.25, -0.2) is 0 Å². The third-order valence-electron chi connectivity index (χ3n) is 19.2. The Bertz CT molecular complexity index is 2600. The second-order valence-electron chi connectivity index (χ2n) is 27.4. The number of amides is 2. The standard InChI is InChI=1S/C78H118N2O14/c1-15-16-19-26-63(75(56(4)5)57(6)7)44-47-77(48-49-78(64-30-36-67(87-12)37-31-64,65-32-38-68(88-13)39-33-65)66-34-40-69(89-14)41-35-66)45-42-62(43-46-77)70(84)27-20-17-23-50-79-73(85)28-21-18-24-51-80-74(86)29-22-25-52-90-76(71(53-55(2)3)93-61(11)83)94-72(54-91-59(9)81)58(8)92-60(10)82/h1,30-41,55-58,62-63,71-72,75-76H,16-29,42-54H2,2-14H3,(H,79,85)(H,80,86)/t58-,62?,63?,71+,72-,76-,77?/m1/s1. The van der Waals surface area contributed by atoms with Crippen LogP contribution in [0, 0.1) is 53.3 Å². The van der Waals surface area contributed by atoms with E-state index in [1.54, 1.807) is 28.3 Å². The van der Waals surface area contributed by atoms with Gasteiger partial charge in [0.25, 0.3) is 0 Å². The van der Waals surface area contributed by atoms with Gasteiger partial charge < -0.3 is 48.5 Å². The largest absolute Gasteiger partial charge is 0.497 e. The summed E-state index contributed by atoms with van der Waals surface area (Å²) in [6.07, 6.45) is 20.6. The highest BCUT2D eigenvalue weighted by Crippen LogP contribution is 2.53. The first-order valence-corrected chi connectivity index (χ1v) is 35.2. The molecule has 0 aliphatic heterocycles. The number of esters is 3. The van der Waals surface area contributed by atoms with E-state index >= 15 is 0 Å². The van der Waals surface area contributed by atoms with Crippen LogP contribution < -0.4 is 24.8 Å². The first-order chi connectivity index (χ1) is 45.0. The number of carbonyl (C=O) groups excluding carboxylic acids is 6. The average Bonchev–Trinajstić information content (AvgIpc) is 0.750. The lowest BCUT2D eigenvalue weighted by atomic mass is 9.59. The minimum absolute atomic E-state index is 0.0138. The van der Waals surface area contributed by atoms with Crippen molar-refractivity contribution in [1.29, 1.82) is 0 Å². The molecule has 0 heterocycles. The van der Waals surface area contributed by atoms with Crippen LogP contribution in [0.1, 0.15) is 234 Å². The summed E-state index contributed by atoms with van der Waals surface area (Å²) in [6.45, 7) is 20.0. The van der Waals surface area contributed by atoms with E-state index in [4.69, 9.17) is 44.3 Å². The summed E-state index contributed by atoms with van der Waals surface area (Å²) in [5.41, 5.74) is 3.08. The Morgan fingerprint density at radius 2 is 1.07 bits per heavy atom. The molecule has 1 aliphatic rings. The van der Waals surface area contributed by atoms with Crippen molar-refractivity contribution in [1.82, 2.24) is 10.6 Å². The van der Waals surface area contributed by atoms with Crippen LogP contribution in [0.3, 0.4) is 0 Å². The van der Waals surface area contributed by atoms with Crippen LogP contribution in [-0.4, -0.2) is 108 Å². The molecule has 0 saturated heterocycles. The van der Waals surface area contributed by atoms with Gasteiger partial charge in [0.15, 0.2) is 12.4 Å². The Morgan fingerprint density at radius 1 is 0.585 bits per heavy atom. The number of nitrogens with one attached hydrogen (secondary N) is 2. The molecular formula is C78H118N2O14. The van der Waals surface area contributed by atoms with Crippen molar-refractivity contribution >= 4 is 35.5 Å². The monoisotopic (exact) mass is 1310 g/mol. The van der Waals surface area contributed by atoms with Gasteiger partial charge in [-0.15, -0.1) is 12.3 Å². The third-order valence-corrected chi connectivity index (χ3v) is 19.2. The molecule has 2 amide bonds. The Morgan fingerprint density at radius 3 is 1.52 bits per heavy atom. The lowest BCUT2D eigenvalue weighted by Gasteiger charge is -2.45. The third kappa shape index (κ3) is 27.7. The molecule has 4 rings (SSSR count). The van der Waals surface area contributed by atoms with Crippen LogP contribution in [0.25, 0.3) is 0 Å². The Kier molecular flexibility index (Phi) is 36.5. The van der Waals surface area contributed by atoms with E-state index in [9.17, 15) is 28.8 Å². The minimum Gasteiger partial charge on any atom is -0.497 e. The van der Waals surface area contributed by atoms with Crippen molar-refractivity contribution in [2.24, 2.45) is 40.9 Å². The molecule has 3 aromatic rings. The summed E-state index contributed by atoms with van der Waals surface area (Å²) in [7, 11) is 5.13. The van der Waals surface area contributed by atoms with Crippen molar-refractivity contribution in [2.75, 3.05) is 47.6 Å². The number of ether oxygens (including phenoxy) is 8.